The van der Waals surface area contributed by atoms with E-state index < -0.39 is 0 Å². The smallest absolute Gasteiger partial charge is 0.124 e. The number of alkyl halides is 1. The molecule has 2 aromatic carbocycles. The van der Waals surface area contributed by atoms with E-state index in [1.54, 1.807) is 17.4 Å². The fourth-order valence-corrected chi connectivity index (χ4v) is 2.75. The zero-order valence-corrected chi connectivity index (χ0v) is 13.7. The van der Waals surface area contributed by atoms with Crippen LogP contribution in [0, 0.1) is 6.92 Å². The van der Waals surface area contributed by atoms with Crippen LogP contribution in [0.3, 0.4) is 0 Å². The highest BCUT2D eigenvalue weighted by Gasteiger charge is 2.06. The first-order valence-electron chi connectivity index (χ1n) is 5.77. The Morgan fingerprint density at radius 1 is 1.11 bits per heavy atom. The second-order valence-corrected chi connectivity index (χ2v) is 5.02. The Hall–Kier alpha value is -1.14. The van der Waals surface area contributed by atoms with E-state index in [2.05, 4.69) is 33.6 Å². The Bertz CT molecular complexity index is 660. The van der Waals surface area contributed by atoms with Gasteiger partial charge >= 0.3 is 0 Å². The van der Waals surface area contributed by atoms with Crippen molar-refractivity contribution in [3.63, 3.8) is 0 Å². The summed E-state index contributed by atoms with van der Waals surface area (Å²) in [7, 11) is 0. The third kappa shape index (κ3) is 3.06. The lowest BCUT2D eigenvalue weighted by Crippen LogP contribution is -1.79. The number of nitrogens with zero attached hydrogens (tertiary/aromatic N) is 1. The molecule has 0 fully saturated rings. The van der Waals surface area contributed by atoms with Crippen LogP contribution in [0.2, 0.25) is 0 Å². The van der Waals surface area contributed by atoms with Gasteiger partial charge in [-0.25, -0.2) is 4.98 Å². The highest BCUT2D eigenvalue weighted by molar-refractivity contribution is 14.1. The Labute approximate surface area is 130 Å². The van der Waals surface area contributed by atoms with E-state index in [0.29, 0.717) is 5.75 Å². The fourth-order valence-electron chi connectivity index (χ4n) is 1.78. The molecule has 0 spiro atoms. The summed E-state index contributed by atoms with van der Waals surface area (Å²) in [6.45, 7) is 1.89. The number of hydrogen-bond donors (Lipinski definition) is 1. The summed E-state index contributed by atoms with van der Waals surface area (Å²) in [6.07, 6.45) is 0. The molecule has 19 heavy (non-hydrogen) atoms. The normalized spacial score (nSPS) is 10.1. The summed E-state index contributed by atoms with van der Waals surface area (Å²) in [5.41, 5.74) is 2.96. The van der Waals surface area contributed by atoms with Gasteiger partial charge in [0, 0.05) is 5.56 Å². The largest absolute Gasteiger partial charge is 0.508 e. The van der Waals surface area contributed by atoms with Crippen molar-refractivity contribution in [2.45, 2.75) is 6.92 Å². The van der Waals surface area contributed by atoms with Gasteiger partial charge in [-0.1, -0.05) is 34.7 Å². The summed E-state index contributed by atoms with van der Waals surface area (Å²) >= 11 is 3.82. The van der Waals surface area contributed by atoms with Crippen molar-refractivity contribution in [3.8, 4) is 16.3 Å². The number of aryl methyl sites for hydroxylation is 1. The molecule has 1 aromatic heterocycles. The van der Waals surface area contributed by atoms with Crippen LogP contribution < -0.4 is 0 Å². The molecule has 3 rings (SSSR count). The van der Waals surface area contributed by atoms with Crippen molar-refractivity contribution >= 4 is 44.1 Å². The molecule has 0 saturated carbocycles. The molecule has 0 saturated heterocycles. The van der Waals surface area contributed by atoms with E-state index in [-0.39, 0.29) is 0 Å². The summed E-state index contributed by atoms with van der Waals surface area (Å²) in [5, 5.41) is 10.5. The number of aromatic nitrogens is 1. The van der Waals surface area contributed by atoms with Gasteiger partial charge in [0.15, 0.2) is 0 Å². The molecule has 0 bridgehead atoms. The van der Waals surface area contributed by atoms with Crippen molar-refractivity contribution < 1.29 is 5.11 Å². The Morgan fingerprint density at radius 2 is 1.84 bits per heavy atom. The van der Waals surface area contributed by atoms with Crippen molar-refractivity contribution in [1.82, 2.24) is 4.98 Å². The Kier molecular flexibility index (Phi) is 4.76. The topological polar surface area (TPSA) is 33.1 Å². The van der Waals surface area contributed by atoms with Gasteiger partial charge in [-0.2, -0.15) is 0 Å². The minimum Gasteiger partial charge on any atom is -0.508 e. The minimum atomic E-state index is 0.329. The number of rotatable bonds is 1. The summed E-state index contributed by atoms with van der Waals surface area (Å²) in [6, 6.07) is 13.7. The van der Waals surface area contributed by atoms with Crippen LogP contribution in [0.4, 0.5) is 0 Å². The van der Waals surface area contributed by atoms with Crippen molar-refractivity contribution in [3.05, 3.63) is 48.0 Å². The first kappa shape index (κ1) is 14.3. The van der Waals surface area contributed by atoms with E-state index in [1.807, 2.05) is 42.2 Å². The zero-order valence-electron chi connectivity index (χ0n) is 10.7. The third-order valence-electron chi connectivity index (χ3n) is 2.74. The van der Waals surface area contributed by atoms with Crippen molar-refractivity contribution in [2.75, 3.05) is 4.93 Å². The number of hydrogen-bond acceptors (Lipinski definition) is 3. The standard InChI is InChI=1S/C14H11NOS.CH3I/c1-9-8-10(6-7-12(9)16)14-15-11-4-2-3-5-13(11)17-14;1-2/h2-8,16H,1H3;1H3. The van der Waals surface area contributed by atoms with Crippen LogP contribution in [0.25, 0.3) is 20.8 Å². The molecule has 0 amide bonds. The molecule has 4 heteroatoms. The van der Waals surface area contributed by atoms with Gasteiger partial charge in [-0.15, -0.1) is 11.3 Å². The van der Waals surface area contributed by atoms with Gasteiger partial charge in [0.05, 0.1) is 10.2 Å². The number of aromatic hydroxyl groups is 1. The molecule has 0 aliphatic heterocycles. The Balaban J connectivity index is 0.000000637. The number of fused-ring (bicyclic) bond motifs is 1. The lowest BCUT2D eigenvalue weighted by molar-refractivity contribution is 0.471. The van der Waals surface area contributed by atoms with Crippen LogP contribution in [-0.2, 0) is 0 Å². The summed E-state index contributed by atoms with van der Waals surface area (Å²) in [5.74, 6) is 0.329. The molecule has 0 radical (unpaired) electrons. The average molecular weight is 383 g/mol. The maximum atomic E-state index is 9.51. The second kappa shape index (κ2) is 6.34. The number of benzene rings is 2. The molecule has 0 unspecified atom stereocenters. The fraction of sp³-hybridized carbons (Fsp3) is 0.133. The molecule has 1 heterocycles. The molecule has 0 aliphatic carbocycles. The first-order chi connectivity index (χ1) is 9.24. The predicted octanol–water partition coefficient (Wildman–Crippen LogP) is 5.03. The predicted molar refractivity (Wildman–Crippen MR) is 91.4 cm³/mol. The van der Waals surface area contributed by atoms with E-state index in [1.165, 1.54) is 4.70 Å². The molecule has 1 N–H and O–H groups in total. The molecule has 3 aromatic rings. The molecule has 98 valence electrons. The van der Waals surface area contributed by atoms with Gasteiger partial charge in [-0.3, -0.25) is 0 Å². The molecular formula is C15H14INOS. The number of para-hydroxylation sites is 1. The van der Waals surface area contributed by atoms with Crippen LogP contribution in [-0.4, -0.2) is 15.0 Å². The summed E-state index contributed by atoms with van der Waals surface area (Å²) in [4.78, 5) is 6.56. The lowest BCUT2D eigenvalue weighted by Gasteiger charge is -2.00. The molecular weight excluding hydrogens is 369 g/mol. The zero-order chi connectivity index (χ0) is 13.8. The highest BCUT2D eigenvalue weighted by Crippen LogP contribution is 2.31. The summed E-state index contributed by atoms with van der Waals surface area (Å²) < 4.78 is 1.19. The Morgan fingerprint density at radius 3 is 2.53 bits per heavy atom. The minimum absolute atomic E-state index is 0.329. The van der Waals surface area contributed by atoms with E-state index in [0.717, 1.165) is 21.7 Å². The molecule has 0 atom stereocenters. The monoisotopic (exact) mass is 383 g/mol. The van der Waals surface area contributed by atoms with Gasteiger partial charge in [-0.05, 0) is 47.7 Å². The van der Waals surface area contributed by atoms with Crippen molar-refractivity contribution in [1.29, 1.82) is 0 Å². The third-order valence-corrected chi connectivity index (χ3v) is 3.82. The van der Waals surface area contributed by atoms with Crippen LogP contribution in [0.5, 0.6) is 5.75 Å². The van der Waals surface area contributed by atoms with E-state index in [9.17, 15) is 5.11 Å². The quantitative estimate of drug-likeness (QED) is 0.472. The first-order valence-corrected chi connectivity index (χ1v) is 8.75. The average Bonchev–Trinajstić information content (AvgIpc) is 2.88. The van der Waals surface area contributed by atoms with Gasteiger partial charge in [0.25, 0.3) is 0 Å². The number of halogens is 1. The molecule has 0 aliphatic rings. The lowest BCUT2D eigenvalue weighted by atomic mass is 10.1. The van der Waals surface area contributed by atoms with Crippen LogP contribution >= 0.6 is 33.9 Å². The van der Waals surface area contributed by atoms with Gasteiger partial charge < -0.3 is 5.11 Å². The SMILES string of the molecule is CI.Cc1cc(-c2nc3ccccc3s2)ccc1O. The highest BCUT2D eigenvalue weighted by atomic mass is 127. The van der Waals surface area contributed by atoms with Crippen LogP contribution in [0.1, 0.15) is 5.56 Å². The number of thiazole rings is 1. The van der Waals surface area contributed by atoms with E-state index >= 15 is 0 Å². The number of phenols is 1. The van der Waals surface area contributed by atoms with Gasteiger partial charge in [0.2, 0.25) is 0 Å². The molecule has 2 nitrogen and oxygen atoms in total. The maximum absolute atomic E-state index is 9.51. The maximum Gasteiger partial charge on any atom is 0.124 e. The second-order valence-electron chi connectivity index (χ2n) is 3.99. The van der Waals surface area contributed by atoms with Crippen molar-refractivity contribution in [2.24, 2.45) is 0 Å². The number of phenolic OH excluding ortho intramolecular Hbond substituents is 1. The van der Waals surface area contributed by atoms with E-state index in [4.69, 9.17) is 0 Å². The van der Waals surface area contributed by atoms with Crippen LogP contribution in [0.15, 0.2) is 42.5 Å². The van der Waals surface area contributed by atoms with Gasteiger partial charge in [0.1, 0.15) is 10.8 Å².